The molecule has 0 unspecified atom stereocenters. The van der Waals surface area contributed by atoms with E-state index in [0.717, 1.165) is 61.9 Å². The van der Waals surface area contributed by atoms with Crippen LogP contribution in [0, 0.1) is 6.92 Å². The van der Waals surface area contributed by atoms with Crippen molar-refractivity contribution in [2.45, 2.75) is 32.6 Å². The number of hydrogen-bond acceptors (Lipinski definition) is 3. The van der Waals surface area contributed by atoms with Crippen LogP contribution in [0.2, 0.25) is 0 Å². The molecular formula is C23H30N4OS2. The number of nitrogens with two attached hydrogens (primary N) is 1. The molecule has 5 nitrogen and oxygen atoms in total. The average Bonchev–Trinajstić information content (AvgIpc) is 2.72. The van der Waals surface area contributed by atoms with Crippen LogP contribution in [0.5, 0.6) is 5.75 Å². The van der Waals surface area contributed by atoms with Crippen molar-refractivity contribution in [2.75, 3.05) is 36.5 Å². The molecule has 7 heteroatoms. The molecule has 0 aromatic heterocycles. The van der Waals surface area contributed by atoms with E-state index in [1.165, 1.54) is 11.3 Å². The number of hydrogen-bond donors (Lipinski definition) is 2. The first-order chi connectivity index (χ1) is 14.5. The lowest BCUT2D eigenvalue weighted by molar-refractivity contribution is 0.299. The maximum atomic E-state index is 5.85. The van der Waals surface area contributed by atoms with Gasteiger partial charge in [-0.25, -0.2) is 0 Å². The van der Waals surface area contributed by atoms with Crippen molar-refractivity contribution in [3.05, 3.63) is 54.1 Å². The molecule has 1 heterocycles. The standard InChI is InChI=1S/C23H30N4OS2/c1-18-9-11-20(12-10-18)27-15-6-14-26(23(27)30)13-3-2-4-16-28-21-8-5-7-19(17-21)25-22(24)29/h5,7-12,17H,2-4,6,13-16H2,1H3,(H3,24,25,29). The van der Waals surface area contributed by atoms with Crippen LogP contribution in [0.3, 0.4) is 0 Å². The van der Waals surface area contributed by atoms with E-state index in [9.17, 15) is 0 Å². The number of unbranched alkanes of at least 4 members (excludes halogenated alkanes) is 2. The Kier molecular flexibility index (Phi) is 8.28. The summed E-state index contributed by atoms with van der Waals surface area (Å²) in [6.07, 6.45) is 4.35. The van der Waals surface area contributed by atoms with Crippen molar-refractivity contribution in [1.29, 1.82) is 0 Å². The molecule has 1 saturated heterocycles. The molecule has 0 radical (unpaired) electrons. The zero-order valence-electron chi connectivity index (χ0n) is 17.5. The molecule has 0 amide bonds. The third-order valence-corrected chi connectivity index (χ3v) is 5.68. The Hall–Kier alpha value is -2.38. The number of benzene rings is 2. The summed E-state index contributed by atoms with van der Waals surface area (Å²) in [6, 6.07) is 16.3. The number of aryl methyl sites for hydroxylation is 1. The summed E-state index contributed by atoms with van der Waals surface area (Å²) in [5.41, 5.74) is 8.82. The van der Waals surface area contributed by atoms with Gasteiger partial charge in [-0.15, -0.1) is 0 Å². The van der Waals surface area contributed by atoms with E-state index in [1.807, 2.05) is 24.3 Å². The van der Waals surface area contributed by atoms with Gasteiger partial charge in [-0.05, 0) is 81.3 Å². The van der Waals surface area contributed by atoms with E-state index in [1.54, 1.807) is 0 Å². The maximum absolute atomic E-state index is 5.85. The highest BCUT2D eigenvalue weighted by Crippen LogP contribution is 2.21. The SMILES string of the molecule is Cc1ccc(N2CCCN(CCCCCOc3cccc(NC(N)=S)c3)C2=S)cc1. The van der Waals surface area contributed by atoms with Gasteiger partial charge in [0, 0.05) is 37.1 Å². The zero-order chi connectivity index (χ0) is 21.3. The van der Waals surface area contributed by atoms with Gasteiger partial charge < -0.3 is 25.6 Å². The molecule has 1 fully saturated rings. The Bertz CT molecular complexity index is 857. The van der Waals surface area contributed by atoms with Crippen LogP contribution in [0.25, 0.3) is 0 Å². The van der Waals surface area contributed by atoms with Gasteiger partial charge in [0.05, 0.1) is 6.61 Å². The predicted molar refractivity (Wildman–Crippen MR) is 134 cm³/mol. The molecule has 1 aliphatic rings. The van der Waals surface area contributed by atoms with Crippen molar-refractivity contribution in [1.82, 2.24) is 4.90 Å². The summed E-state index contributed by atoms with van der Waals surface area (Å²) in [4.78, 5) is 4.60. The van der Waals surface area contributed by atoms with Crippen LogP contribution < -0.4 is 20.7 Å². The van der Waals surface area contributed by atoms with Crippen LogP contribution in [0.15, 0.2) is 48.5 Å². The summed E-state index contributed by atoms with van der Waals surface area (Å²) in [5.74, 6) is 0.821. The molecule has 1 aliphatic heterocycles. The van der Waals surface area contributed by atoms with Crippen LogP contribution in [-0.4, -0.2) is 41.4 Å². The summed E-state index contributed by atoms with van der Waals surface area (Å²) in [5, 5.41) is 4.12. The normalized spacial score (nSPS) is 14.0. The van der Waals surface area contributed by atoms with Gasteiger partial charge in [0.2, 0.25) is 0 Å². The zero-order valence-corrected chi connectivity index (χ0v) is 19.1. The number of nitrogens with zero attached hydrogens (tertiary/aromatic N) is 2. The van der Waals surface area contributed by atoms with Gasteiger partial charge in [-0.2, -0.15) is 0 Å². The van der Waals surface area contributed by atoms with E-state index in [-0.39, 0.29) is 5.11 Å². The molecule has 30 heavy (non-hydrogen) atoms. The predicted octanol–water partition coefficient (Wildman–Crippen LogP) is 4.70. The summed E-state index contributed by atoms with van der Waals surface area (Å²) >= 11 is 10.6. The maximum Gasteiger partial charge on any atom is 0.176 e. The van der Waals surface area contributed by atoms with Crippen molar-refractivity contribution in [3.63, 3.8) is 0 Å². The molecule has 0 atom stereocenters. The molecule has 0 aliphatic carbocycles. The second-order valence-corrected chi connectivity index (χ2v) is 8.34. The molecule has 3 N–H and O–H groups in total. The van der Waals surface area contributed by atoms with Crippen molar-refractivity contribution in [3.8, 4) is 5.75 Å². The van der Waals surface area contributed by atoms with E-state index in [4.69, 9.17) is 34.9 Å². The fraction of sp³-hybridized carbons (Fsp3) is 0.391. The number of anilines is 2. The summed E-state index contributed by atoms with van der Waals surface area (Å²) in [6.45, 7) is 5.83. The second kappa shape index (κ2) is 11.1. The van der Waals surface area contributed by atoms with Gasteiger partial charge in [0.15, 0.2) is 10.2 Å². The summed E-state index contributed by atoms with van der Waals surface area (Å²) < 4.78 is 5.85. The quantitative estimate of drug-likeness (QED) is 0.431. The highest BCUT2D eigenvalue weighted by molar-refractivity contribution is 7.80. The number of thiocarbonyl (C=S) groups is 2. The van der Waals surface area contributed by atoms with E-state index in [0.29, 0.717) is 6.61 Å². The van der Waals surface area contributed by atoms with Crippen LogP contribution in [-0.2, 0) is 0 Å². The van der Waals surface area contributed by atoms with Crippen molar-refractivity contribution in [2.24, 2.45) is 5.73 Å². The van der Waals surface area contributed by atoms with Gasteiger partial charge in [0.25, 0.3) is 0 Å². The topological polar surface area (TPSA) is 53.8 Å². The molecular weight excluding hydrogens is 412 g/mol. The van der Waals surface area contributed by atoms with E-state index in [2.05, 4.69) is 46.3 Å². The lowest BCUT2D eigenvalue weighted by atomic mass is 10.2. The molecule has 2 aromatic rings. The van der Waals surface area contributed by atoms with Gasteiger partial charge >= 0.3 is 0 Å². The molecule has 2 aromatic carbocycles. The summed E-state index contributed by atoms with van der Waals surface area (Å²) in [7, 11) is 0. The van der Waals surface area contributed by atoms with Crippen molar-refractivity contribution < 1.29 is 4.74 Å². The first kappa shape index (κ1) is 22.3. The number of ether oxygens (including phenoxy) is 1. The monoisotopic (exact) mass is 442 g/mol. The minimum atomic E-state index is 0.253. The molecule has 3 rings (SSSR count). The van der Waals surface area contributed by atoms with Crippen molar-refractivity contribution >= 4 is 46.0 Å². The largest absolute Gasteiger partial charge is 0.494 e. The fourth-order valence-corrected chi connectivity index (χ4v) is 4.03. The highest BCUT2D eigenvalue weighted by Gasteiger charge is 2.22. The van der Waals surface area contributed by atoms with Gasteiger partial charge in [-0.3, -0.25) is 0 Å². The first-order valence-corrected chi connectivity index (χ1v) is 11.3. The Morgan fingerprint density at radius 1 is 1.10 bits per heavy atom. The van der Waals surface area contributed by atoms with E-state index < -0.39 is 0 Å². The Labute approximate surface area is 190 Å². The minimum absolute atomic E-state index is 0.253. The smallest absolute Gasteiger partial charge is 0.176 e. The molecule has 0 spiro atoms. The Morgan fingerprint density at radius 3 is 2.67 bits per heavy atom. The van der Waals surface area contributed by atoms with Crippen LogP contribution in [0.4, 0.5) is 11.4 Å². The Balaban J connectivity index is 1.37. The van der Waals surface area contributed by atoms with Gasteiger partial charge in [0.1, 0.15) is 5.75 Å². The molecule has 0 saturated carbocycles. The first-order valence-electron chi connectivity index (χ1n) is 10.5. The lowest BCUT2D eigenvalue weighted by Crippen LogP contribution is -2.49. The second-order valence-electron chi connectivity index (χ2n) is 7.54. The van der Waals surface area contributed by atoms with Gasteiger partial charge in [-0.1, -0.05) is 23.8 Å². The Morgan fingerprint density at radius 2 is 1.90 bits per heavy atom. The van der Waals surface area contributed by atoms with E-state index >= 15 is 0 Å². The fourth-order valence-electron chi connectivity index (χ4n) is 3.53. The number of nitrogens with one attached hydrogen (secondary N) is 1. The third kappa shape index (κ3) is 6.57. The lowest BCUT2D eigenvalue weighted by Gasteiger charge is -2.38. The minimum Gasteiger partial charge on any atom is -0.494 e. The number of rotatable bonds is 9. The van der Waals surface area contributed by atoms with Crippen LogP contribution in [0.1, 0.15) is 31.2 Å². The molecule has 160 valence electrons. The third-order valence-electron chi connectivity index (χ3n) is 5.10. The van der Waals surface area contributed by atoms with Crippen LogP contribution >= 0.6 is 24.4 Å². The molecule has 0 bridgehead atoms. The average molecular weight is 443 g/mol. The highest BCUT2D eigenvalue weighted by atomic mass is 32.1.